The number of carbonyl (C=O) groups is 1. The zero-order valence-corrected chi connectivity index (χ0v) is 21.9. The first-order valence-electron chi connectivity index (χ1n) is 11.4. The van der Waals surface area contributed by atoms with Gasteiger partial charge in [-0.05, 0) is 30.3 Å². The van der Waals surface area contributed by atoms with Gasteiger partial charge in [-0.3, -0.25) is 9.36 Å². The number of anilines is 1. The highest BCUT2D eigenvalue weighted by Crippen LogP contribution is 2.33. The van der Waals surface area contributed by atoms with E-state index in [0.717, 1.165) is 27.7 Å². The zero-order chi connectivity index (χ0) is 25.8. The minimum atomic E-state index is -0.218. The van der Waals surface area contributed by atoms with Crippen LogP contribution in [0, 0.1) is 0 Å². The number of hydrogen-bond donors (Lipinski definition) is 1. The summed E-state index contributed by atoms with van der Waals surface area (Å²) in [5, 5.41) is 14.2. The molecule has 0 fully saturated rings. The van der Waals surface area contributed by atoms with Crippen molar-refractivity contribution < 1.29 is 4.79 Å². The van der Waals surface area contributed by atoms with Crippen LogP contribution in [0.2, 0.25) is 10.0 Å². The largest absolute Gasteiger partial charge is 0.324 e. The maximum Gasteiger partial charge on any atom is 0.234 e. The third-order valence-electron chi connectivity index (χ3n) is 5.59. The van der Waals surface area contributed by atoms with E-state index < -0.39 is 0 Å². The first kappa shape index (κ1) is 25.0. The van der Waals surface area contributed by atoms with Crippen LogP contribution < -0.4 is 5.32 Å². The highest BCUT2D eigenvalue weighted by atomic mass is 35.5. The van der Waals surface area contributed by atoms with Gasteiger partial charge in [-0.25, -0.2) is 4.98 Å². The highest BCUT2D eigenvalue weighted by molar-refractivity contribution is 7.99. The summed E-state index contributed by atoms with van der Waals surface area (Å²) in [7, 11) is 0. The SMILES string of the molecule is C=CCn1c(SCC(=O)Nc2ccc(Cl)cc2Cl)nnc1-c1cc(-c2ccccc2)nc2ccccc12. The summed E-state index contributed by atoms with van der Waals surface area (Å²) < 4.78 is 1.96. The lowest BCUT2D eigenvalue weighted by Crippen LogP contribution is -2.15. The maximum absolute atomic E-state index is 12.6. The van der Waals surface area contributed by atoms with E-state index in [4.69, 9.17) is 28.2 Å². The Labute approximate surface area is 228 Å². The van der Waals surface area contributed by atoms with Crippen LogP contribution in [0.5, 0.6) is 0 Å². The molecule has 0 atom stereocenters. The summed E-state index contributed by atoms with van der Waals surface area (Å²) in [5.41, 5.74) is 4.12. The molecule has 0 aliphatic rings. The molecule has 3 aromatic carbocycles. The molecule has 5 rings (SSSR count). The average Bonchev–Trinajstić information content (AvgIpc) is 3.31. The Balaban J connectivity index is 1.47. The number of fused-ring (bicyclic) bond motifs is 1. The quantitative estimate of drug-likeness (QED) is 0.162. The number of nitrogens with zero attached hydrogens (tertiary/aromatic N) is 4. The number of thioether (sulfide) groups is 1. The van der Waals surface area contributed by atoms with Crippen molar-refractivity contribution in [3.05, 3.63) is 102 Å². The Hall–Kier alpha value is -3.65. The topological polar surface area (TPSA) is 72.7 Å². The van der Waals surface area contributed by atoms with Crippen molar-refractivity contribution in [2.45, 2.75) is 11.7 Å². The molecule has 0 radical (unpaired) electrons. The second-order valence-electron chi connectivity index (χ2n) is 8.10. The van der Waals surface area contributed by atoms with E-state index in [1.807, 2.05) is 65.2 Å². The first-order valence-corrected chi connectivity index (χ1v) is 13.1. The Kier molecular flexibility index (Phi) is 7.55. The fourth-order valence-corrected chi connectivity index (χ4v) is 5.12. The van der Waals surface area contributed by atoms with Crippen molar-refractivity contribution in [3.8, 4) is 22.6 Å². The number of benzene rings is 3. The van der Waals surface area contributed by atoms with Crippen molar-refractivity contribution in [3.63, 3.8) is 0 Å². The fourth-order valence-electron chi connectivity index (χ4n) is 3.91. The minimum absolute atomic E-state index is 0.126. The van der Waals surface area contributed by atoms with Gasteiger partial charge >= 0.3 is 0 Å². The van der Waals surface area contributed by atoms with Gasteiger partial charge < -0.3 is 5.32 Å². The summed E-state index contributed by atoms with van der Waals surface area (Å²) in [6.07, 6.45) is 1.78. The molecule has 37 heavy (non-hydrogen) atoms. The fraction of sp³-hybridized carbons (Fsp3) is 0.0714. The molecule has 0 spiro atoms. The molecule has 0 bridgehead atoms. The van der Waals surface area contributed by atoms with E-state index in [-0.39, 0.29) is 11.7 Å². The van der Waals surface area contributed by atoms with Crippen molar-refractivity contribution in [1.29, 1.82) is 0 Å². The Morgan fingerprint density at radius 3 is 2.57 bits per heavy atom. The van der Waals surface area contributed by atoms with Gasteiger partial charge in [-0.1, -0.05) is 89.6 Å². The van der Waals surface area contributed by atoms with Gasteiger partial charge in [0.05, 0.1) is 27.7 Å². The number of hydrogen-bond acceptors (Lipinski definition) is 5. The Bertz CT molecular complexity index is 1600. The number of carbonyl (C=O) groups excluding carboxylic acids is 1. The molecule has 0 aliphatic carbocycles. The monoisotopic (exact) mass is 545 g/mol. The van der Waals surface area contributed by atoms with Gasteiger partial charge in [0.2, 0.25) is 5.91 Å². The summed E-state index contributed by atoms with van der Waals surface area (Å²) >= 11 is 13.4. The molecule has 184 valence electrons. The number of rotatable bonds is 8. The standard InChI is InChI=1S/C28H21Cl2N5OS/c1-2-14-35-27(33-34-28(35)37-17-26(36)32-24-13-12-19(29)15-22(24)30)21-16-25(18-8-4-3-5-9-18)31-23-11-7-6-10-20(21)23/h2-13,15-16H,1,14,17H2,(H,32,36). The molecule has 0 saturated heterocycles. The van der Waals surface area contributed by atoms with Gasteiger partial charge in [0.1, 0.15) is 0 Å². The highest BCUT2D eigenvalue weighted by Gasteiger charge is 2.19. The molecule has 0 aliphatic heterocycles. The van der Waals surface area contributed by atoms with Gasteiger partial charge in [0, 0.05) is 28.1 Å². The molecular weight excluding hydrogens is 525 g/mol. The van der Waals surface area contributed by atoms with Crippen molar-refractivity contribution >= 4 is 57.5 Å². The third-order valence-corrected chi connectivity index (χ3v) is 7.11. The molecule has 0 unspecified atom stereocenters. The average molecular weight is 546 g/mol. The number of halogens is 2. The number of aromatic nitrogens is 4. The van der Waals surface area contributed by atoms with Gasteiger partial charge in [-0.2, -0.15) is 0 Å². The van der Waals surface area contributed by atoms with Gasteiger partial charge in [0.25, 0.3) is 0 Å². The van der Waals surface area contributed by atoms with E-state index in [1.165, 1.54) is 11.8 Å². The van der Waals surface area contributed by atoms with E-state index in [9.17, 15) is 4.79 Å². The van der Waals surface area contributed by atoms with E-state index in [0.29, 0.717) is 33.3 Å². The van der Waals surface area contributed by atoms with Crippen molar-refractivity contribution in [2.75, 3.05) is 11.1 Å². The van der Waals surface area contributed by atoms with Crippen LogP contribution in [-0.2, 0) is 11.3 Å². The third kappa shape index (κ3) is 5.54. The molecule has 1 N–H and O–H groups in total. The Morgan fingerprint density at radius 1 is 1.00 bits per heavy atom. The smallest absolute Gasteiger partial charge is 0.234 e. The number of allylic oxidation sites excluding steroid dienone is 1. The summed E-state index contributed by atoms with van der Waals surface area (Å²) in [6, 6.07) is 24.9. The van der Waals surface area contributed by atoms with Crippen LogP contribution in [0.4, 0.5) is 5.69 Å². The second-order valence-corrected chi connectivity index (χ2v) is 9.89. The predicted molar refractivity (Wildman–Crippen MR) is 152 cm³/mol. The molecule has 5 aromatic rings. The molecule has 9 heteroatoms. The van der Waals surface area contributed by atoms with Crippen LogP contribution in [0.15, 0.2) is 96.7 Å². The normalized spacial score (nSPS) is 11.0. The summed E-state index contributed by atoms with van der Waals surface area (Å²) in [5.74, 6) is 0.588. The number of para-hydroxylation sites is 1. The molecule has 2 heterocycles. The van der Waals surface area contributed by atoms with E-state index in [1.54, 1.807) is 24.3 Å². The van der Waals surface area contributed by atoms with E-state index >= 15 is 0 Å². The molecule has 1 amide bonds. The second kappa shape index (κ2) is 11.2. The number of pyridine rings is 1. The van der Waals surface area contributed by atoms with Gasteiger partial charge in [0.15, 0.2) is 11.0 Å². The maximum atomic E-state index is 12.6. The lowest BCUT2D eigenvalue weighted by Gasteiger charge is -2.12. The minimum Gasteiger partial charge on any atom is -0.324 e. The first-order chi connectivity index (χ1) is 18.0. The summed E-state index contributed by atoms with van der Waals surface area (Å²) in [4.78, 5) is 17.5. The summed E-state index contributed by atoms with van der Waals surface area (Å²) in [6.45, 7) is 4.38. The molecule has 6 nitrogen and oxygen atoms in total. The Morgan fingerprint density at radius 2 is 1.78 bits per heavy atom. The molecule has 2 aromatic heterocycles. The number of amides is 1. The van der Waals surface area contributed by atoms with Crippen LogP contribution in [0.25, 0.3) is 33.5 Å². The van der Waals surface area contributed by atoms with Gasteiger partial charge in [-0.15, -0.1) is 16.8 Å². The lowest BCUT2D eigenvalue weighted by atomic mass is 10.0. The van der Waals surface area contributed by atoms with Crippen molar-refractivity contribution in [1.82, 2.24) is 19.7 Å². The zero-order valence-electron chi connectivity index (χ0n) is 19.6. The van der Waals surface area contributed by atoms with Crippen LogP contribution >= 0.6 is 35.0 Å². The van der Waals surface area contributed by atoms with Crippen LogP contribution in [0.3, 0.4) is 0 Å². The van der Waals surface area contributed by atoms with E-state index in [2.05, 4.69) is 22.1 Å². The lowest BCUT2D eigenvalue weighted by molar-refractivity contribution is -0.113. The van der Waals surface area contributed by atoms with Crippen LogP contribution in [-0.4, -0.2) is 31.4 Å². The van der Waals surface area contributed by atoms with Crippen molar-refractivity contribution in [2.24, 2.45) is 0 Å². The predicted octanol–water partition coefficient (Wildman–Crippen LogP) is 7.38. The number of nitrogens with one attached hydrogen (secondary N) is 1. The molecule has 0 saturated carbocycles. The molecular formula is C28H21Cl2N5OS. The van der Waals surface area contributed by atoms with Crippen LogP contribution in [0.1, 0.15) is 0 Å².